The predicted molar refractivity (Wildman–Crippen MR) is 129 cm³/mol. The first-order valence-corrected chi connectivity index (χ1v) is 12.6. The SMILES string of the molecule is COC(=O)N1c2ccc(-c3cnn(C4CCNCC4)c3)c(OCC3CCCC3)c2CCC1C. The van der Waals surface area contributed by atoms with Crippen LogP contribution < -0.4 is 15.0 Å². The molecular formula is C26H36N4O3. The van der Waals surface area contributed by atoms with Gasteiger partial charge in [0.1, 0.15) is 5.75 Å². The smallest absolute Gasteiger partial charge is 0.414 e. The maximum Gasteiger partial charge on any atom is 0.414 e. The first kappa shape index (κ1) is 22.3. The minimum Gasteiger partial charge on any atom is -0.492 e. The number of carbonyl (C=O) groups is 1. The second-order valence-corrected chi connectivity index (χ2v) is 9.82. The molecule has 0 spiro atoms. The van der Waals surface area contributed by atoms with Gasteiger partial charge in [0.15, 0.2) is 0 Å². The number of amides is 1. The molecular weight excluding hydrogens is 416 g/mol. The molecule has 2 aliphatic heterocycles. The Balaban J connectivity index is 1.51. The molecule has 178 valence electrons. The Bertz CT molecular complexity index is 976. The number of carbonyl (C=O) groups excluding carboxylic acids is 1. The third-order valence-electron chi connectivity index (χ3n) is 7.65. The van der Waals surface area contributed by atoms with Gasteiger partial charge >= 0.3 is 6.09 Å². The number of nitrogens with one attached hydrogen (secondary N) is 1. The Labute approximate surface area is 196 Å². The van der Waals surface area contributed by atoms with Crippen molar-refractivity contribution >= 4 is 11.8 Å². The number of methoxy groups -OCH3 is 1. The van der Waals surface area contributed by atoms with Gasteiger partial charge in [-0.2, -0.15) is 5.10 Å². The second kappa shape index (κ2) is 9.75. The first-order valence-electron chi connectivity index (χ1n) is 12.6. The van der Waals surface area contributed by atoms with Gasteiger partial charge in [0.05, 0.1) is 31.6 Å². The highest BCUT2D eigenvalue weighted by molar-refractivity contribution is 5.92. The number of anilines is 1. The van der Waals surface area contributed by atoms with Crippen molar-refractivity contribution in [2.24, 2.45) is 5.92 Å². The molecule has 0 bridgehead atoms. The van der Waals surface area contributed by atoms with Crippen LogP contribution in [-0.2, 0) is 11.2 Å². The van der Waals surface area contributed by atoms with Gasteiger partial charge in [0.25, 0.3) is 0 Å². The lowest BCUT2D eigenvalue weighted by atomic mass is 9.92. The molecule has 33 heavy (non-hydrogen) atoms. The van der Waals surface area contributed by atoms with E-state index >= 15 is 0 Å². The Morgan fingerprint density at radius 3 is 2.70 bits per heavy atom. The van der Waals surface area contributed by atoms with Crippen LogP contribution in [0, 0.1) is 5.92 Å². The van der Waals surface area contributed by atoms with Gasteiger partial charge in [-0.25, -0.2) is 4.79 Å². The van der Waals surface area contributed by atoms with Crippen LogP contribution in [0.2, 0.25) is 0 Å². The Morgan fingerprint density at radius 1 is 1.15 bits per heavy atom. The van der Waals surface area contributed by atoms with Crippen LogP contribution in [0.4, 0.5) is 10.5 Å². The van der Waals surface area contributed by atoms with E-state index in [0.717, 1.165) is 73.5 Å². The van der Waals surface area contributed by atoms with Crippen molar-refractivity contribution in [2.75, 3.05) is 31.7 Å². The largest absolute Gasteiger partial charge is 0.492 e. The highest BCUT2D eigenvalue weighted by Crippen LogP contribution is 2.44. The van der Waals surface area contributed by atoms with E-state index in [1.165, 1.54) is 32.8 Å². The summed E-state index contributed by atoms with van der Waals surface area (Å²) in [6.45, 7) is 4.89. The van der Waals surface area contributed by atoms with Crippen molar-refractivity contribution in [3.05, 3.63) is 30.1 Å². The number of aromatic nitrogens is 2. The normalized spacial score (nSPS) is 21.8. The predicted octanol–water partition coefficient (Wildman–Crippen LogP) is 4.95. The van der Waals surface area contributed by atoms with Gasteiger partial charge in [-0.3, -0.25) is 9.58 Å². The summed E-state index contributed by atoms with van der Waals surface area (Å²) in [7, 11) is 1.45. The molecule has 7 heteroatoms. The van der Waals surface area contributed by atoms with Crippen LogP contribution in [0.25, 0.3) is 11.1 Å². The lowest BCUT2D eigenvalue weighted by molar-refractivity contribution is 0.175. The Kier molecular flexibility index (Phi) is 6.58. The van der Waals surface area contributed by atoms with E-state index < -0.39 is 0 Å². The van der Waals surface area contributed by atoms with Crippen LogP contribution in [0.3, 0.4) is 0 Å². The number of fused-ring (bicyclic) bond motifs is 1. The highest BCUT2D eigenvalue weighted by atomic mass is 16.5. The van der Waals surface area contributed by atoms with Crippen molar-refractivity contribution < 1.29 is 14.3 Å². The summed E-state index contributed by atoms with van der Waals surface area (Å²) in [6.07, 6.45) is 12.9. The summed E-state index contributed by atoms with van der Waals surface area (Å²) >= 11 is 0. The molecule has 3 aliphatic rings. The van der Waals surface area contributed by atoms with E-state index in [1.807, 2.05) is 6.20 Å². The summed E-state index contributed by atoms with van der Waals surface area (Å²) in [6, 6.07) is 4.69. The van der Waals surface area contributed by atoms with E-state index in [9.17, 15) is 4.79 Å². The lowest BCUT2D eigenvalue weighted by Gasteiger charge is -2.35. The van der Waals surface area contributed by atoms with Gasteiger partial charge in [-0.05, 0) is 76.6 Å². The minimum absolute atomic E-state index is 0.0983. The number of hydrogen-bond acceptors (Lipinski definition) is 5. The van der Waals surface area contributed by atoms with Crippen LogP contribution in [0.1, 0.15) is 63.5 Å². The number of nitrogens with zero attached hydrogens (tertiary/aromatic N) is 3. The molecule has 1 aromatic heterocycles. The molecule has 2 fully saturated rings. The van der Waals surface area contributed by atoms with Gasteiger partial charge in [0.2, 0.25) is 0 Å². The highest BCUT2D eigenvalue weighted by Gasteiger charge is 2.32. The zero-order valence-corrected chi connectivity index (χ0v) is 19.9. The summed E-state index contributed by atoms with van der Waals surface area (Å²) in [5.41, 5.74) is 4.19. The number of ether oxygens (including phenoxy) is 2. The van der Waals surface area contributed by atoms with E-state index in [2.05, 4.69) is 35.3 Å². The van der Waals surface area contributed by atoms with Gasteiger partial charge in [0, 0.05) is 28.9 Å². The van der Waals surface area contributed by atoms with E-state index in [1.54, 1.807) is 4.90 Å². The zero-order chi connectivity index (χ0) is 22.8. The third kappa shape index (κ3) is 4.47. The fraction of sp³-hybridized carbons (Fsp3) is 0.615. The molecule has 1 N–H and O–H groups in total. The topological polar surface area (TPSA) is 68.6 Å². The molecule has 1 saturated heterocycles. The van der Waals surface area contributed by atoms with Crippen LogP contribution in [-0.4, -0.2) is 48.7 Å². The fourth-order valence-corrected chi connectivity index (χ4v) is 5.70. The average Bonchev–Trinajstić information content (AvgIpc) is 3.55. The molecule has 1 aromatic carbocycles. The molecule has 3 heterocycles. The maximum atomic E-state index is 12.6. The molecule has 1 saturated carbocycles. The van der Waals surface area contributed by atoms with E-state index in [0.29, 0.717) is 12.0 Å². The van der Waals surface area contributed by atoms with Crippen LogP contribution in [0.15, 0.2) is 24.5 Å². The van der Waals surface area contributed by atoms with Gasteiger partial charge in [-0.1, -0.05) is 12.8 Å². The average molecular weight is 453 g/mol. The lowest BCUT2D eigenvalue weighted by Crippen LogP contribution is -2.42. The molecule has 1 amide bonds. The minimum atomic E-state index is -0.309. The molecule has 1 aliphatic carbocycles. The molecule has 1 atom stereocenters. The maximum absolute atomic E-state index is 12.6. The number of hydrogen-bond donors (Lipinski definition) is 1. The molecule has 7 nitrogen and oxygen atoms in total. The molecule has 2 aromatic rings. The van der Waals surface area contributed by atoms with Crippen molar-refractivity contribution in [3.8, 4) is 16.9 Å². The van der Waals surface area contributed by atoms with Crippen molar-refractivity contribution in [3.63, 3.8) is 0 Å². The summed E-state index contributed by atoms with van der Waals surface area (Å²) in [4.78, 5) is 14.4. The van der Waals surface area contributed by atoms with E-state index in [4.69, 9.17) is 14.6 Å². The molecule has 1 unspecified atom stereocenters. The number of piperidine rings is 1. The Hall–Kier alpha value is -2.54. The zero-order valence-electron chi connectivity index (χ0n) is 19.9. The van der Waals surface area contributed by atoms with Gasteiger partial charge in [-0.15, -0.1) is 0 Å². The fourth-order valence-electron chi connectivity index (χ4n) is 5.70. The van der Waals surface area contributed by atoms with E-state index in [-0.39, 0.29) is 12.1 Å². The molecule has 5 rings (SSSR count). The van der Waals surface area contributed by atoms with Gasteiger partial charge < -0.3 is 14.8 Å². The monoisotopic (exact) mass is 452 g/mol. The summed E-state index contributed by atoms with van der Waals surface area (Å²) < 4.78 is 13.8. The van der Waals surface area contributed by atoms with Crippen molar-refractivity contribution in [1.82, 2.24) is 15.1 Å². The van der Waals surface area contributed by atoms with Crippen LogP contribution in [0.5, 0.6) is 5.75 Å². The number of benzene rings is 1. The third-order valence-corrected chi connectivity index (χ3v) is 7.65. The molecule has 0 radical (unpaired) electrons. The quantitative estimate of drug-likeness (QED) is 0.695. The second-order valence-electron chi connectivity index (χ2n) is 9.82. The number of rotatable bonds is 5. The van der Waals surface area contributed by atoms with Crippen molar-refractivity contribution in [1.29, 1.82) is 0 Å². The summed E-state index contributed by atoms with van der Waals surface area (Å²) in [5, 5.41) is 8.15. The first-order chi connectivity index (χ1) is 16.2. The van der Waals surface area contributed by atoms with Crippen molar-refractivity contribution in [2.45, 2.75) is 70.4 Å². The summed E-state index contributed by atoms with van der Waals surface area (Å²) in [5.74, 6) is 1.54. The van der Waals surface area contributed by atoms with Crippen LogP contribution >= 0.6 is 0 Å². The standard InChI is InChI=1S/C26H36N4O3/c1-18-7-8-23-24(30(18)26(31)32-2)10-9-22(25(23)33-17-19-5-3-4-6-19)20-15-28-29(16-20)21-11-13-27-14-12-21/h9-10,15-16,18-19,21,27H,3-8,11-14,17H2,1-2H3. The Morgan fingerprint density at radius 2 is 1.94 bits per heavy atom.